The number of likely N-dealkylation sites (tertiary alicyclic amines) is 1. The van der Waals surface area contributed by atoms with Crippen molar-refractivity contribution >= 4 is 5.96 Å². The zero-order valence-electron chi connectivity index (χ0n) is 20.0. The number of benzene rings is 1. The summed E-state index contributed by atoms with van der Waals surface area (Å²) in [5.74, 6) is 0.921. The molecule has 170 valence electrons. The molecule has 1 aromatic heterocycles. The van der Waals surface area contributed by atoms with Gasteiger partial charge in [-0.1, -0.05) is 44.2 Å². The molecule has 1 aliphatic heterocycles. The van der Waals surface area contributed by atoms with E-state index in [1.807, 2.05) is 11.7 Å². The first-order valence-corrected chi connectivity index (χ1v) is 11.9. The van der Waals surface area contributed by atoms with E-state index in [4.69, 9.17) is 10.1 Å². The lowest BCUT2D eigenvalue weighted by Crippen LogP contribution is -2.51. The van der Waals surface area contributed by atoms with Crippen molar-refractivity contribution < 1.29 is 0 Å². The van der Waals surface area contributed by atoms with Crippen LogP contribution in [-0.4, -0.2) is 45.8 Å². The minimum absolute atomic E-state index is 0.449. The Morgan fingerprint density at radius 2 is 1.94 bits per heavy atom. The number of rotatable bonds is 8. The molecule has 3 rings (SSSR count). The molecule has 6 heteroatoms. The number of aliphatic imine (C=N–C) groups is 1. The second kappa shape index (κ2) is 11.3. The van der Waals surface area contributed by atoms with E-state index in [1.165, 1.54) is 22.5 Å². The summed E-state index contributed by atoms with van der Waals surface area (Å²) in [6.45, 7) is 12.5. The second-order valence-corrected chi connectivity index (χ2v) is 8.57. The van der Waals surface area contributed by atoms with E-state index >= 15 is 0 Å². The monoisotopic (exact) mass is 424 g/mol. The van der Waals surface area contributed by atoms with Crippen LogP contribution >= 0.6 is 0 Å². The Kier molecular flexibility index (Phi) is 8.52. The number of hydrogen-bond acceptors (Lipinski definition) is 3. The number of nitrogens with zero attached hydrogens (tertiary/aromatic N) is 4. The van der Waals surface area contributed by atoms with Crippen molar-refractivity contribution in [3.63, 3.8) is 0 Å². The number of piperidine rings is 1. The zero-order valence-corrected chi connectivity index (χ0v) is 20.0. The van der Waals surface area contributed by atoms with Gasteiger partial charge in [-0.2, -0.15) is 5.10 Å². The molecular weight excluding hydrogens is 384 g/mol. The molecule has 0 amide bonds. The highest BCUT2D eigenvalue weighted by Crippen LogP contribution is 2.20. The third-order valence-electron chi connectivity index (χ3n) is 6.35. The fourth-order valence-corrected chi connectivity index (χ4v) is 4.65. The number of aromatic nitrogens is 2. The highest BCUT2D eigenvalue weighted by atomic mass is 15.3. The van der Waals surface area contributed by atoms with Crippen LogP contribution in [0.15, 0.2) is 35.3 Å². The van der Waals surface area contributed by atoms with Crippen molar-refractivity contribution in [2.75, 3.05) is 13.1 Å². The minimum Gasteiger partial charge on any atom is -0.357 e. The number of guanidine groups is 1. The van der Waals surface area contributed by atoms with E-state index in [-0.39, 0.29) is 0 Å². The molecule has 0 aliphatic carbocycles. The highest BCUT2D eigenvalue weighted by Gasteiger charge is 2.26. The highest BCUT2D eigenvalue weighted by molar-refractivity contribution is 5.80. The first kappa shape index (κ1) is 23.3. The van der Waals surface area contributed by atoms with Gasteiger partial charge in [-0.05, 0) is 45.1 Å². The lowest BCUT2D eigenvalue weighted by molar-refractivity contribution is 0.134. The van der Waals surface area contributed by atoms with Gasteiger partial charge in [0.1, 0.15) is 0 Å². The average Bonchev–Trinajstić information content (AvgIpc) is 3.09. The van der Waals surface area contributed by atoms with Crippen LogP contribution in [0.1, 0.15) is 63.1 Å². The van der Waals surface area contributed by atoms with E-state index in [1.54, 1.807) is 0 Å². The first-order valence-electron chi connectivity index (χ1n) is 11.9. The summed E-state index contributed by atoms with van der Waals surface area (Å²) in [6, 6.07) is 11.8. The molecule has 6 nitrogen and oxygen atoms in total. The molecule has 2 heterocycles. The Bertz CT molecular complexity index is 841. The van der Waals surface area contributed by atoms with Crippen molar-refractivity contribution in [2.24, 2.45) is 12.0 Å². The van der Waals surface area contributed by atoms with E-state index < -0.39 is 0 Å². The van der Waals surface area contributed by atoms with Gasteiger partial charge in [-0.15, -0.1) is 0 Å². The quantitative estimate of drug-likeness (QED) is 0.502. The Labute approximate surface area is 188 Å². The van der Waals surface area contributed by atoms with E-state index in [0.717, 1.165) is 51.3 Å². The van der Waals surface area contributed by atoms with Crippen LogP contribution in [-0.2, 0) is 33.0 Å². The van der Waals surface area contributed by atoms with Crippen LogP contribution in [0.3, 0.4) is 0 Å². The Hall–Kier alpha value is -2.34. The minimum atomic E-state index is 0.449. The summed E-state index contributed by atoms with van der Waals surface area (Å²) in [6.07, 6.45) is 4.19. The molecule has 1 aliphatic rings. The van der Waals surface area contributed by atoms with E-state index in [0.29, 0.717) is 18.6 Å². The van der Waals surface area contributed by atoms with Crippen molar-refractivity contribution in [3.05, 3.63) is 52.8 Å². The Morgan fingerprint density at radius 1 is 1.16 bits per heavy atom. The average molecular weight is 425 g/mol. The van der Waals surface area contributed by atoms with E-state index in [2.05, 4.69) is 73.6 Å². The van der Waals surface area contributed by atoms with Gasteiger partial charge in [0.15, 0.2) is 5.96 Å². The lowest BCUT2D eigenvalue weighted by Gasteiger charge is -2.38. The third kappa shape index (κ3) is 6.10. The molecule has 2 N–H and O–H groups in total. The maximum atomic E-state index is 4.95. The van der Waals surface area contributed by atoms with Crippen LogP contribution in [0.2, 0.25) is 0 Å². The van der Waals surface area contributed by atoms with Gasteiger partial charge in [0.25, 0.3) is 0 Å². The molecule has 1 aromatic carbocycles. The zero-order chi connectivity index (χ0) is 22.2. The van der Waals surface area contributed by atoms with Crippen molar-refractivity contribution in [3.8, 4) is 0 Å². The summed E-state index contributed by atoms with van der Waals surface area (Å²) in [7, 11) is 2.04. The molecule has 2 unspecified atom stereocenters. The second-order valence-electron chi connectivity index (χ2n) is 8.57. The van der Waals surface area contributed by atoms with Gasteiger partial charge in [-0.25, -0.2) is 4.99 Å². The molecule has 1 fully saturated rings. The molecule has 0 spiro atoms. The third-order valence-corrected chi connectivity index (χ3v) is 6.35. The standard InChI is InChI=1S/C25H40N6/c1-6-23-22(24(7-2)30(5)29-23)17-27-25(26-8-3)28-21-14-15-31(19(4)16-21)18-20-12-10-9-11-13-20/h9-13,19,21H,6-8,14-18H2,1-5H3,(H2,26,27,28). The largest absolute Gasteiger partial charge is 0.357 e. The first-order chi connectivity index (χ1) is 15.0. The molecule has 2 atom stereocenters. The molecule has 31 heavy (non-hydrogen) atoms. The maximum absolute atomic E-state index is 4.95. The van der Waals surface area contributed by atoms with Crippen LogP contribution in [0, 0.1) is 0 Å². The smallest absolute Gasteiger partial charge is 0.191 e. The van der Waals surface area contributed by atoms with Gasteiger partial charge in [0, 0.05) is 50.0 Å². The van der Waals surface area contributed by atoms with Gasteiger partial charge in [-0.3, -0.25) is 9.58 Å². The van der Waals surface area contributed by atoms with Crippen LogP contribution < -0.4 is 10.6 Å². The van der Waals surface area contributed by atoms with Crippen LogP contribution in [0.5, 0.6) is 0 Å². The van der Waals surface area contributed by atoms with E-state index in [9.17, 15) is 0 Å². The summed E-state index contributed by atoms with van der Waals surface area (Å²) in [4.78, 5) is 7.54. The molecule has 0 bridgehead atoms. The molecule has 2 aromatic rings. The summed E-state index contributed by atoms with van der Waals surface area (Å²) in [5.41, 5.74) is 5.14. The van der Waals surface area contributed by atoms with Crippen molar-refractivity contribution in [1.82, 2.24) is 25.3 Å². The predicted molar refractivity (Wildman–Crippen MR) is 129 cm³/mol. The molecule has 0 radical (unpaired) electrons. The topological polar surface area (TPSA) is 57.5 Å². The SMILES string of the molecule is CCNC(=NCc1c(CC)nn(C)c1CC)NC1CCN(Cc2ccccc2)C(C)C1. The van der Waals surface area contributed by atoms with Crippen LogP contribution in [0.4, 0.5) is 0 Å². The van der Waals surface area contributed by atoms with Gasteiger partial charge in [0.2, 0.25) is 0 Å². The fourth-order valence-electron chi connectivity index (χ4n) is 4.65. The summed E-state index contributed by atoms with van der Waals surface area (Å²) >= 11 is 0. The number of nitrogens with one attached hydrogen (secondary N) is 2. The van der Waals surface area contributed by atoms with Gasteiger partial charge < -0.3 is 10.6 Å². The maximum Gasteiger partial charge on any atom is 0.191 e. The van der Waals surface area contributed by atoms with Crippen LogP contribution in [0.25, 0.3) is 0 Å². The van der Waals surface area contributed by atoms with Gasteiger partial charge >= 0.3 is 0 Å². The lowest BCUT2D eigenvalue weighted by atomic mass is 9.97. The fraction of sp³-hybridized carbons (Fsp3) is 0.600. The number of aryl methyl sites for hydroxylation is 2. The van der Waals surface area contributed by atoms with Gasteiger partial charge in [0.05, 0.1) is 12.2 Å². The summed E-state index contributed by atoms with van der Waals surface area (Å²) < 4.78 is 2.02. The molecule has 1 saturated heterocycles. The van der Waals surface area contributed by atoms with Crippen molar-refractivity contribution in [1.29, 1.82) is 0 Å². The Morgan fingerprint density at radius 3 is 2.58 bits per heavy atom. The Balaban J connectivity index is 1.62. The van der Waals surface area contributed by atoms with Crippen molar-refractivity contribution in [2.45, 2.75) is 78.6 Å². The summed E-state index contributed by atoms with van der Waals surface area (Å²) in [5, 5.41) is 11.8. The predicted octanol–water partition coefficient (Wildman–Crippen LogP) is 3.65. The molecular formula is C25H40N6. The normalized spacial score (nSPS) is 20.1. The number of hydrogen-bond donors (Lipinski definition) is 2. The molecule has 0 saturated carbocycles.